The molecule has 0 radical (unpaired) electrons. The van der Waals surface area contributed by atoms with Crippen LogP contribution in [0.3, 0.4) is 0 Å². The topological polar surface area (TPSA) is 89.8 Å². The van der Waals surface area contributed by atoms with Crippen molar-refractivity contribution in [1.29, 1.82) is 0 Å². The van der Waals surface area contributed by atoms with E-state index in [1.54, 1.807) is 0 Å². The van der Waals surface area contributed by atoms with E-state index in [1.807, 2.05) is 30.3 Å². The van der Waals surface area contributed by atoms with Crippen molar-refractivity contribution in [2.45, 2.75) is 18.8 Å². The maximum absolute atomic E-state index is 11.3. The van der Waals surface area contributed by atoms with E-state index in [0.29, 0.717) is 0 Å². The van der Waals surface area contributed by atoms with Gasteiger partial charge in [-0.05, 0) is 5.56 Å². The molecule has 16 heavy (non-hydrogen) atoms. The molecule has 1 aromatic carbocycles. The third-order valence-corrected chi connectivity index (χ3v) is 2.13. The van der Waals surface area contributed by atoms with Crippen LogP contribution < -0.4 is 5.32 Å². The standard InChI is InChI=1S/C11H15NO4/c13-7-9(14)10(15)11(16)12-6-8-4-2-1-3-5-8/h1-5,9-10,13-15H,6-7H2,(H,12,16). The molecule has 2 unspecified atom stereocenters. The first kappa shape index (κ1) is 12.6. The maximum Gasteiger partial charge on any atom is 0.251 e. The van der Waals surface area contributed by atoms with Crippen molar-refractivity contribution in [1.82, 2.24) is 5.32 Å². The monoisotopic (exact) mass is 225 g/mol. The van der Waals surface area contributed by atoms with E-state index >= 15 is 0 Å². The molecule has 2 atom stereocenters. The molecule has 1 aromatic rings. The molecule has 0 saturated carbocycles. The van der Waals surface area contributed by atoms with Gasteiger partial charge >= 0.3 is 0 Å². The summed E-state index contributed by atoms with van der Waals surface area (Å²) in [6.45, 7) is -0.380. The summed E-state index contributed by atoms with van der Waals surface area (Å²) in [5, 5.41) is 29.3. The number of carbonyl (C=O) groups is 1. The molecule has 0 fully saturated rings. The van der Waals surface area contributed by atoms with Crippen LogP contribution in [-0.2, 0) is 11.3 Å². The molecule has 0 aliphatic heterocycles. The average molecular weight is 225 g/mol. The van der Waals surface area contributed by atoms with Crippen molar-refractivity contribution in [3.05, 3.63) is 35.9 Å². The third kappa shape index (κ3) is 3.62. The summed E-state index contributed by atoms with van der Waals surface area (Å²) in [6.07, 6.45) is -3.05. The second kappa shape index (κ2) is 6.22. The number of hydrogen-bond donors (Lipinski definition) is 4. The SMILES string of the molecule is O=C(NCc1ccccc1)C(O)C(O)CO. The minimum atomic E-state index is -1.60. The molecule has 88 valence electrons. The molecule has 0 aliphatic carbocycles. The van der Waals surface area contributed by atoms with Gasteiger partial charge in [0.1, 0.15) is 6.10 Å². The van der Waals surface area contributed by atoms with Gasteiger partial charge in [-0.25, -0.2) is 0 Å². The normalized spacial score (nSPS) is 14.2. The van der Waals surface area contributed by atoms with Crippen LogP contribution >= 0.6 is 0 Å². The van der Waals surface area contributed by atoms with Crippen LogP contribution in [-0.4, -0.2) is 40.0 Å². The fraction of sp³-hybridized carbons (Fsp3) is 0.364. The third-order valence-electron chi connectivity index (χ3n) is 2.13. The van der Waals surface area contributed by atoms with E-state index < -0.39 is 24.7 Å². The van der Waals surface area contributed by atoms with Gasteiger partial charge in [0, 0.05) is 6.54 Å². The first-order valence-corrected chi connectivity index (χ1v) is 4.93. The Hall–Kier alpha value is -1.43. The quantitative estimate of drug-likeness (QED) is 0.518. The lowest BCUT2D eigenvalue weighted by Crippen LogP contribution is -2.43. The Morgan fingerprint density at radius 1 is 1.25 bits per heavy atom. The number of nitrogens with one attached hydrogen (secondary N) is 1. The lowest BCUT2D eigenvalue weighted by atomic mass is 10.2. The molecule has 0 aromatic heterocycles. The van der Waals surface area contributed by atoms with E-state index in [4.69, 9.17) is 10.2 Å². The van der Waals surface area contributed by atoms with Crippen LogP contribution in [0.2, 0.25) is 0 Å². The van der Waals surface area contributed by atoms with Crippen LogP contribution in [0.15, 0.2) is 30.3 Å². The molecule has 0 spiro atoms. The highest BCUT2D eigenvalue weighted by Crippen LogP contribution is 1.98. The van der Waals surface area contributed by atoms with Gasteiger partial charge in [0.15, 0.2) is 6.10 Å². The summed E-state index contributed by atoms with van der Waals surface area (Å²) in [5.74, 6) is -0.703. The largest absolute Gasteiger partial charge is 0.394 e. The molecule has 1 rings (SSSR count). The van der Waals surface area contributed by atoms with Crippen molar-refractivity contribution in [3.8, 4) is 0 Å². The summed E-state index contributed by atoms with van der Waals surface area (Å²) in [5.41, 5.74) is 0.890. The van der Waals surface area contributed by atoms with E-state index in [2.05, 4.69) is 5.32 Å². The van der Waals surface area contributed by atoms with Gasteiger partial charge < -0.3 is 20.6 Å². The summed E-state index contributed by atoms with van der Waals surface area (Å²) in [4.78, 5) is 11.3. The van der Waals surface area contributed by atoms with Crippen molar-refractivity contribution in [2.24, 2.45) is 0 Å². The highest BCUT2D eigenvalue weighted by molar-refractivity contribution is 5.81. The highest BCUT2D eigenvalue weighted by atomic mass is 16.4. The van der Waals surface area contributed by atoms with E-state index in [-0.39, 0.29) is 6.54 Å². The maximum atomic E-state index is 11.3. The molecular formula is C11H15NO4. The van der Waals surface area contributed by atoms with Crippen LogP contribution in [0, 0.1) is 0 Å². The number of aliphatic hydroxyl groups excluding tert-OH is 3. The van der Waals surface area contributed by atoms with Gasteiger partial charge in [-0.3, -0.25) is 4.79 Å². The zero-order valence-corrected chi connectivity index (χ0v) is 8.71. The number of aliphatic hydroxyl groups is 3. The highest BCUT2D eigenvalue weighted by Gasteiger charge is 2.22. The number of amides is 1. The molecule has 4 N–H and O–H groups in total. The zero-order valence-electron chi connectivity index (χ0n) is 8.71. The predicted octanol–water partition coefficient (Wildman–Crippen LogP) is -0.983. The van der Waals surface area contributed by atoms with Gasteiger partial charge in [0.2, 0.25) is 0 Å². The number of hydrogen-bond acceptors (Lipinski definition) is 4. The number of rotatable bonds is 5. The Balaban J connectivity index is 2.41. The molecule has 5 nitrogen and oxygen atoms in total. The van der Waals surface area contributed by atoms with E-state index in [0.717, 1.165) is 5.56 Å². The lowest BCUT2D eigenvalue weighted by Gasteiger charge is -2.15. The second-order valence-corrected chi connectivity index (χ2v) is 3.40. The predicted molar refractivity (Wildman–Crippen MR) is 57.4 cm³/mol. The van der Waals surface area contributed by atoms with Crippen molar-refractivity contribution in [2.75, 3.05) is 6.61 Å². The van der Waals surface area contributed by atoms with Gasteiger partial charge in [-0.2, -0.15) is 0 Å². The fourth-order valence-electron chi connectivity index (χ4n) is 1.16. The smallest absolute Gasteiger partial charge is 0.251 e. The van der Waals surface area contributed by atoms with Gasteiger partial charge in [0.25, 0.3) is 5.91 Å². The van der Waals surface area contributed by atoms with Crippen molar-refractivity contribution in [3.63, 3.8) is 0 Å². The van der Waals surface area contributed by atoms with Crippen LogP contribution in [0.4, 0.5) is 0 Å². The number of carbonyl (C=O) groups excluding carboxylic acids is 1. The molecule has 5 heteroatoms. The molecule has 1 amide bonds. The zero-order chi connectivity index (χ0) is 12.0. The fourth-order valence-corrected chi connectivity index (χ4v) is 1.16. The van der Waals surface area contributed by atoms with Gasteiger partial charge in [-0.1, -0.05) is 30.3 Å². The summed E-state index contributed by atoms with van der Waals surface area (Å²) in [7, 11) is 0. The molecular weight excluding hydrogens is 210 g/mol. The molecule has 0 heterocycles. The first-order valence-electron chi connectivity index (χ1n) is 4.93. The summed E-state index contributed by atoms with van der Waals surface area (Å²) in [6, 6.07) is 9.18. The van der Waals surface area contributed by atoms with Gasteiger partial charge in [0.05, 0.1) is 6.61 Å². The summed E-state index contributed by atoms with van der Waals surface area (Å²) < 4.78 is 0. The summed E-state index contributed by atoms with van der Waals surface area (Å²) >= 11 is 0. The molecule has 0 saturated heterocycles. The molecule has 0 aliphatic rings. The van der Waals surface area contributed by atoms with Crippen LogP contribution in [0.1, 0.15) is 5.56 Å². The number of benzene rings is 1. The Bertz CT molecular complexity index is 328. The average Bonchev–Trinajstić information content (AvgIpc) is 2.35. The minimum Gasteiger partial charge on any atom is -0.394 e. The van der Waals surface area contributed by atoms with E-state index in [1.165, 1.54) is 0 Å². The Morgan fingerprint density at radius 2 is 1.88 bits per heavy atom. The Kier molecular flexibility index (Phi) is 4.91. The Morgan fingerprint density at radius 3 is 2.44 bits per heavy atom. The van der Waals surface area contributed by atoms with Crippen LogP contribution in [0.25, 0.3) is 0 Å². The first-order chi connectivity index (χ1) is 7.65. The van der Waals surface area contributed by atoms with Crippen molar-refractivity contribution >= 4 is 5.91 Å². The van der Waals surface area contributed by atoms with E-state index in [9.17, 15) is 9.90 Å². The lowest BCUT2D eigenvalue weighted by molar-refractivity contribution is -0.136. The Labute approximate surface area is 93.4 Å². The second-order valence-electron chi connectivity index (χ2n) is 3.40. The van der Waals surface area contributed by atoms with Crippen LogP contribution in [0.5, 0.6) is 0 Å². The van der Waals surface area contributed by atoms with Crippen molar-refractivity contribution < 1.29 is 20.1 Å². The minimum absolute atomic E-state index is 0.273. The van der Waals surface area contributed by atoms with Gasteiger partial charge in [-0.15, -0.1) is 0 Å². The molecule has 0 bridgehead atoms.